The monoisotopic (exact) mass is 562 g/mol. The highest BCUT2D eigenvalue weighted by Crippen LogP contribution is 2.82. The van der Waals surface area contributed by atoms with Crippen molar-refractivity contribution in [3.8, 4) is 0 Å². The van der Waals surface area contributed by atoms with Gasteiger partial charge >= 0.3 is 17.9 Å². The Morgan fingerprint density at radius 1 is 1.07 bits per heavy atom. The van der Waals surface area contributed by atoms with Gasteiger partial charge in [-0.1, -0.05) is 19.4 Å². The largest absolute Gasteiger partial charge is 0.466 e. The van der Waals surface area contributed by atoms with E-state index in [1.807, 2.05) is 13.8 Å². The highest BCUT2D eigenvalue weighted by atomic mass is 16.6. The topological polar surface area (TPSA) is 116 Å². The van der Waals surface area contributed by atoms with Crippen LogP contribution in [-0.2, 0) is 33.4 Å². The first-order valence-corrected chi connectivity index (χ1v) is 15.2. The average Bonchev–Trinajstić information content (AvgIpc) is 3.84. The number of fused-ring (bicyclic) bond motifs is 7. The number of ketones is 1. The zero-order valence-corrected chi connectivity index (χ0v) is 24.5. The summed E-state index contributed by atoms with van der Waals surface area (Å²) in [6, 6.07) is 0. The van der Waals surface area contributed by atoms with E-state index < -0.39 is 34.8 Å². The average molecular weight is 563 g/mol. The van der Waals surface area contributed by atoms with Crippen LogP contribution in [0.5, 0.6) is 0 Å². The third kappa shape index (κ3) is 2.69. The minimum absolute atomic E-state index is 0.0849. The van der Waals surface area contributed by atoms with E-state index in [2.05, 4.69) is 6.92 Å². The van der Waals surface area contributed by atoms with Crippen molar-refractivity contribution in [3.05, 3.63) is 33.4 Å². The van der Waals surface area contributed by atoms with Crippen LogP contribution in [0.1, 0.15) is 60.3 Å². The Morgan fingerprint density at radius 3 is 2.49 bits per heavy atom. The minimum atomic E-state index is -1.26. The Balaban J connectivity index is 1.39. The fourth-order valence-corrected chi connectivity index (χ4v) is 11.7. The summed E-state index contributed by atoms with van der Waals surface area (Å²) in [5, 5.41) is 11.6. The Morgan fingerprint density at radius 2 is 1.80 bits per heavy atom. The zero-order chi connectivity index (χ0) is 29.1. The molecule has 1 spiro atoms. The number of Topliss-reactive ketones (excluding diaryl/α,β-unsaturated/α-hetero) is 1. The highest BCUT2D eigenvalue weighted by Gasteiger charge is 2.81. The van der Waals surface area contributed by atoms with Gasteiger partial charge in [-0.2, -0.15) is 0 Å². The number of aliphatic hydroxyl groups is 1. The van der Waals surface area contributed by atoms with Gasteiger partial charge in [0.1, 0.15) is 11.7 Å². The summed E-state index contributed by atoms with van der Waals surface area (Å²) in [5.41, 5.74) is 2.26. The molecule has 8 nitrogen and oxygen atoms in total. The molecule has 41 heavy (non-hydrogen) atoms. The molecule has 8 aliphatic rings. The second-order valence-corrected chi connectivity index (χ2v) is 14.6. The molecule has 0 saturated heterocycles. The molecule has 1 heterocycles. The van der Waals surface area contributed by atoms with Crippen LogP contribution in [0, 0.1) is 58.2 Å². The first-order valence-electron chi connectivity index (χ1n) is 15.2. The van der Waals surface area contributed by atoms with E-state index in [4.69, 9.17) is 14.2 Å². The molecule has 0 aromatic heterocycles. The second-order valence-electron chi connectivity index (χ2n) is 14.6. The Bertz CT molecular complexity index is 1480. The molecule has 0 radical (unpaired) electrons. The van der Waals surface area contributed by atoms with Crippen LogP contribution in [0.4, 0.5) is 0 Å². The van der Waals surface area contributed by atoms with Gasteiger partial charge in [0.25, 0.3) is 0 Å². The second kappa shape index (κ2) is 7.61. The molecule has 8 rings (SSSR count). The Hall–Kier alpha value is -2.74. The molecule has 5 saturated carbocycles. The van der Waals surface area contributed by atoms with Crippen LogP contribution in [0.25, 0.3) is 0 Å². The first kappa shape index (κ1) is 25.9. The maximum Gasteiger partial charge on any atom is 0.334 e. The molecular weight excluding hydrogens is 524 g/mol. The number of esters is 3. The minimum Gasteiger partial charge on any atom is -0.466 e. The van der Waals surface area contributed by atoms with Crippen molar-refractivity contribution >= 4 is 23.7 Å². The van der Waals surface area contributed by atoms with Gasteiger partial charge in [-0.3, -0.25) is 9.59 Å². The molecule has 1 aliphatic heterocycles. The van der Waals surface area contributed by atoms with Gasteiger partial charge in [0.05, 0.1) is 19.6 Å². The zero-order valence-electron chi connectivity index (χ0n) is 24.5. The SMILES string of the molecule is COC(=O)/C(C)=C1\C(=O)[C@H](O)[C@]2(C)C3=C(C[C@@H]4[C@]5(OC(=O)C(C)=C5C[C@H]5[C@H](COC(C)=O)[C@H]6C[C@H]6[C@]45C)[C@H]31)[C@H]1C[C@H]12. The maximum atomic E-state index is 14.3. The summed E-state index contributed by atoms with van der Waals surface area (Å²) in [6.45, 7) is 9.63. The van der Waals surface area contributed by atoms with Crippen molar-refractivity contribution in [1.82, 2.24) is 0 Å². The quantitative estimate of drug-likeness (QED) is 0.241. The van der Waals surface area contributed by atoms with Gasteiger partial charge in [-0.15, -0.1) is 0 Å². The third-order valence-corrected chi connectivity index (χ3v) is 13.5. The van der Waals surface area contributed by atoms with Crippen LogP contribution >= 0.6 is 0 Å². The van der Waals surface area contributed by atoms with E-state index in [0.717, 1.165) is 30.4 Å². The molecule has 0 amide bonds. The van der Waals surface area contributed by atoms with Gasteiger partial charge in [-0.05, 0) is 91.6 Å². The standard InChI is InChI=1S/C33H38O8/c1-12-19-10-22-18(11-40-14(3)34)16-8-20(16)31(22,4)23-9-17-15-7-21(15)32(5)25(17)26(33(19,23)41-30(12)38)24(27(35)28(32)36)13(2)29(37)39-6/h15-16,18,20-23,26,28,36H,7-11H2,1-6H3/b24-13-/t15-,16-,18-,20-,21-,22+,23+,26+,28+,31+,32+,33+/m1/s1. The van der Waals surface area contributed by atoms with Crippen LogP contribution in [0.3, 0.4) is 0 Å². The predicted octanol–water partition coefficient (Wildman–Crippen LogP) is 3.48. The number of carbonyl (C=O) groups is 4. The van der Waals surface area contributed by atoms with Crippen molar-refractivity contribution in [2.24, 2.45) is 58.2 Å². The highest BCUT2D eigenvalue weighted by molar-refractivity contribution is 6.09. The van der Waals surface area contributed by atoms with Gasteiger partial charge in [-0.25, -0.2) is 9.59 Å². The van der Waals surface area contributed by atoms with E-state index in [-0.39, 0.29) is 52.2 Å². The van der Waals surface area contributed by atoms with E-state index in [0.29, 0.717) is 36.4 Å². The number of aliphatic hydroxyl groups excluding tert-OH is 1. The van der Waals surface area contributed by atoms with E-state index in [1.54, 1.807) is 6.92 Å². The van der Waals surface area contributed by atoms with Crippen LogP contribution in [0.15, 0.2) is 33.4 Å². The van der Waals surface area contributed by atoms with E-state index in [1.165, 1.54) is 19.6 Å². The molecule has 7 aliphatic carbocycles. The number of allylic oxidation sites excluding steroid dienone is 1. The molecule has 218 valence electrons. The molecule has 8 heteroatoms. The number of hydrogen-bond donors (Lipinski definition) is 1. The lowest BCUT2D eigenvalue weighted by molar-refractivity contribution is -0.179. The molecule has 0 unspecified atom stereocenters. The van der Waals surface area contributed by atoms with Crippen molar-refractivity contribution in [3.63, 3.8) is 0 Å². The molecule has 0 aromatic carbocycles. The lowest BCUT2D eigenvalue weighted by Gasteiger charge is -2.63. The molecule has 1 N–H and O–H groups in total. The van der Waals surface area contributed by atoms with Crippen LogP contribution in [-0.4, -0.2) is 54.2 Å². The fraction of sp³-hybridized carbons (Fsp3) is 0.697. The number of ether oxygens (including phenoxy) is 3. The van der Waals surface area contributed by atoms with Gasteiger partial charge in [0.2, 0.25) is 0 Å². The van der Waals surface area contributed by atoms with Crippen molar-refractivity contribution in [1.29, 1.82) is 0 Å². The van der Waals surface area contributed by atoms with Crippen LogP contribution < -0.4 is 0 Å². The normalized spacial score (nSPS) is 50.7. The summed E-state index contributed by atoms with van der Waals surface area (Å²) in [7, 11) is 1.30. The molecule has 0 aromatic rings. The summed E-state index contributed by atoms with van der Waals surface area (Å²) in [5.74, 6) is -0.620. The van der Waals surface area contributed by atoms with Gasteiger partial charge < -0.3 is 19.3 Å². The van der Waals surface area contributed by atoms with Crippen molar-refractivity contribution in [2.45, 2.75) is 72.0 Å². The fourth-order valence-electron chi connectivity index (χ4n) is 11.7. The smallest absolute Gasteiger partial charge is 0.334 e. The number of methoxy groups -OCH3 is 1. The number of carbonyl (C=O) groups excluding carboxylic acids is 4. The third-order valence-electron chi connectivity index (χ3n) is 13.5. The van der Waals surface area contributed by atoms with Crippen molar-refractivity contribution in [2.75, 3.05) is 13.7 Å². The number of rotatable bonds is 3. The maximum absolute atomic E-state index is 14.3. The lowest BCUT2D eigenvalue weighted by atomic mass is 9.42. The van der Waals surface area contributed by atoms with Crippen LogP contribution in [0.2, 0.25) is 0 Å². The molecule has 5 fully saturated rings. The Kier molecular flexibility index (Phi) is 4.81. The van der Waals surface area contributed by atoms with Gasteiger partial charge in [0.15, 0.2) is 5.78 Å². The Labute approximate surface area is 239 Å². The predicted molar refractivity (Wildman–Crippen MR) is 144 cm³/mol. The summed E-state index contributed by atoms with van der Waals surface area (Å²) in [6.07, 6.45) is 2.14. The summed E-state index contributed by atoms with van der Waals surface area (Å²) in [4.78, 5) is 52.7. The first-order chi connectivity index (χ1) is 19.3. The molecule has 0 bridgehead atoms. The van der Waals surface area contributed by atoms with E-state index >= 15 is 0 Å². The molecule has 12 atom stereocenters. The van der Waals surface area contributed by atoms with E-state index in [9.17, 15) is 24.3 Å². The summed E-state index contributed by atoms with van der Waals surface area (Å²) >= 11 is 0. The van der Waals surface area contributed by atoms with Gasteiger partial charge in [0, 0.05) is 35.0 Å². The van der Waals surface area contributed by atoms with Crippen molar-refractivity contribution < 1.29 is 38.5 Å². The summed E-state index contributed by atoms with van der Waals surface area (Å²) < 4.78 is 17.4. The number of hydrogen-bond acceptors (Lipinski definition) is 8. The lowest BCUT2D eigenvalue weighted by Crippen LogP contribution is -2.66. The molecular formula is C33H38O8.